The third-order valence-corrected chi connectivity index (χ3v) is 10.9. The molecule has 0 aliphatic carbocycles. The quantitative estimate of drug-likeness (QED) is 0.175. The van der Waals surface area contributed by atoms with E-state index in [9.17, 15) is 18.7 Å². The minimum absolute atomic E-state index is 0.0533. The number of aliphatic hydroxyl groups is 1. The zero-order chi connectivity index (χ0) is 35.8. The molecule has 2 aliphatic rings. The minimum Gasteiger partial charge on any atom is -0.490 e. The highest BCUT2D eigenvalue weighted by Gasteiger charge is 2.36. The highest BCUT2D eigenvalue weighted by molar-refractivity contribution is 7.18. The van der Waals surface area contributed by atoms with Crippen LogP contribution in [0.4, 0.5) is 26.0 Å². The Morgan fingerprint density at radius 1 is 1.00 bits per heavy atom. The van der Waals surface area contributed by atoms with Gasteiger partial charge in [-0.15, -0.1) is 11.3 Å². The van der Waals surface area contributed by atoms with Gasteiger partial charge in [0.2, 0.25) is 0 Å². The number of aromatic nitrogens is 4. The van der Waals surface area contributed by atoms with E-state index in [2.05, 4.69) is 37.2 Å². The number of para-hydroxylation sites is 1. The topological polar surface area (TPSA) is 127 Å². The van der Waals surface area contributed by atoms with Crippen molar-refractivity contribution in [3.05, 3.63) is 124 Å². The molecule has 1 saturated heterocycles. The number of likely N-dealkylation sites (tertiary alicyclic amines) is 1. The van der Waals surface area contributed by atoms with Gasteiger partial charge in [-0.25, -0.2) is 18.7 Å². The van der Waals surface area contributed by atoms with Crippen LogP contribution in [0.15, 0.2) is 96.3 Å². The normalized spacial score (nSPS) is 16.5. The zero-order valence-corrected chi connectivity index (χ0v) is 29.1. The first kappa shape index (κ1) is 34.0. The lowest BCUT2D eigenvalue weighted by Gasteiger charge is -2.39. The van der Waals surface area contributed by atoms with Crippen LogP contribution < -0.4 is 26.2 Å². The number of rotatable bonds is 10. The average Bonchev–Trinajstić information content (AvgIpc) is 3.81. The maximum absolute atomic E-state index is 15.0. The number of nitrogen functional groups attached to an aromatic ring is 1. The third kappa shape index (κ3) is 6.77. The SMILES string of the molecule is Nc1nc2sc(CNC3CCN(CC(O)(Cn4ccnc4)c4ccc(F)cc4F)CC3)cc2n(-c2ccc3c(c2)N(c2ccccc2)CCO3)c1=O. The molecule has 11 nitrogen and oxygen atoms in total. The van der Waals surface area contributed by atoms with Gasteiger partial charge in [-0.2, -0.15) is 0 Å². The van der Waals surface area contributed by atoms with Crippen molar-refractivity contribution in [3.63, 3.8) is 0 Å². The summed E-state index contributed by atoms with van der Waals surface area (Å²) in [5.74, 6) is -0.789. The van der Waals surface area contributed by atoms with Gasteiger partial charge in [0, 0.05) is 53.7 Å². The number of halogens is 2. The summed E-state index contributed by atoms with van der Waals surface area (Å²) >= 11 is 1.49. The molecule has 14 heteroatoms. The van der Waals surface area contributed by atoms with E-state index in [1.165, 1.54) is 23.5 Å². The number of nitrogens with zero attached hydrogens (tertiary/aromatic N) is 6. The molecule has 4 N–H and O–H groups in total. The largest absolute Gasteiger partial charge is 0.490 e. The first-order valence-corrected chi connectivity index (χ1v) is 18.1. The van der Waals surface area contributed by atoms with Crippen LogP contribution in [0.5, 0.6) is 5.75 Å². The van der Waals surface area contributed by atoms with E-state index in [1.54, 1.807) is 27.9 Å². The molecule has 0 saturated carbocycles. The molecule has 3 aromatic heterocycles. The van der Waals surface area contributed by atoms with Crippen molar-refractivity contribution >= 4 is 38.9 Å². The second-order valence-corrected chi connectivity index (χ2v) is 14.5. The van der Waals surface area contributed by atoms with E-state index in [0.717, 1.165) is 40.9 Å². The smallest absolute Gasteiger partial charge is 0.298 e. The number of nitrogens with two attached hydrogens (primary N) is 1. The predicted molar refractivity (Wildman–Crippen MR) is 197 cm³/mol. The number of anilines is 3. The summed E-state index contributed by atoms with van der Waals surface area (Å²) < 4.78 is 38.0. The van der Waals surface area contributed by atoms with Crippen LogP contribution >= 0.6 is 11.3 Å². The molecule has 0 spiro atoms. The van der Waals surface area contributed by atoms with Crippen LogP contribution in [-0.2, 0) is 18.7 Å². The lowest BCUT2D eigenvalue weighted by atomic mass is 9.91. The Kier molecular flexibility index (Phi) is 9.22. The lowest BCUT2D eigenvalue weighted by molar-refractivity contribution is -0.0247. The molecule has 1 unspecified atom stereocenters. The van der Waals surface area contributed by atoms with E-state index < -0.39 is 17.2 Å². The van der Waals surface area contributed by atoms with Crippen molar-refractivity contribution in [1.82, 2.24) is 29.3 Å². The maximum Gasteiger partial charge on any atom is 0.298 e. The molecule has 1 fully saturated rings. The fourth-order valence-corrected chi connectivity index (χ4v) is 8.26. The predicted octanol–water partition coefficient (Wildman–Crippen LogP) is 5.18. The van der Waals surface area contributed by atoms with Gasteiger partial charge in [-0.05, 0) is 68.4 Å². The third-order valence-electron chi connectivity index (χ3n) is 9.84. The van der Waals surface area contributed by atoms with Gasteiger partial charge < -0.3 is 30.4 Å². The van der Waals surface area contributed by atoms with Crippen LogP contribution in [0, 0.1) is 11.6 Å². The Bertz CT molecular complexity index is 2260. The fraction of sp³-hybridized carbons (Fsp3) is 0.289. The van der Waals surface area contributed by atoms with Gasteiger partial charge in [0.15, 0.2) is 5.82 Å². The maximum atomic E-state index is 15.0. The average molecular weight is 725 g/mol. The van der Waals surface area contributed by atoms with Crippen molar-refractivity contribution in [1.29, 1.82) is 0 Å². The zero-order valence-electron chi connectivity index (χ0n) is 28.3. The van der Waals surface area contributed by atoms with Crippen molar-refractivity contribution in [2.45, 2.75) is 37.6 Å². The van der Waals surface area contributed by atoms with Crippen LogP contribution in [0.3, 0.4) is 0 Å². The summed E-state index contributed by atoms with van der Waals surface area (Å²) in [5, 5.41) is 15.5. The number of hydrogen-bond acceptors (Lipinski definition) is 10. The standard InChI is InChI=1S/C38H38F2N8O3S/c39-25-6-8-30(31(40)18-25)38(50,23-46-15-12-42-24-46)22-45-13-10-26(11-14-45)43-21-29-20-33-36(52-29)44-35(41)37(49)48(33)28-7-9-34-32(19-28)47(16-17-51-34)27-4-2-1-3-5-27/h1-9,12,15,18-20,24,26,43,50H,10-11,13-14,16-17,21-23H2,(H2,41,44). The van der Waals surface area contributed by atoms with Gasteiger partial charge in [-0.3, -0.25) is 14.3 Å². The van der Waals surface area contributed by atoms with E-state index in [4.69, 9.17) is 10.5 Å². The van der Waals surface area contributed by atoms with E-state index >= 15 is 0 Å². The van der Waals surface area contributed by atoms with E-state index in [-0.39, 0.29) is 36.1 Å². The Morgan fingerprint density at radius 2 is 1.83 bits per heavy atom. The highest BCUT2D eigenvalue weighted by Crippen LogP contribution is 2.39. The van der Waals surface area contributed by atoms with Gasteiger partial charge in [0.25, 0.3) is 5.56 Å². The number of hydrogen-bond donors (Lipinski definition) is 3. The first-order chi connectivity index (χ1) is 25.2. The Hall–Kier alpha value is -5.15. The van der Waals surface area contributed by atoms with Crippen molar-refractivity contribution in [2.75, 3.05) is 43.4 Å². The van der Waals surface area contributed by atoms with Crippen molar-refractivity contribution < 1.29 is 18.6 Å². The number of thiophene rings is 1. The molecule has 2 aliphatic heterocycles. The van der Waals surface area contributed by atoms with Crippen molar-refractivity contribution in [3.8, 4) is 11.4 Å². The van der Waals surface area contributed by atoms with E-state index in [0.29, 0.717) is 48.8 Å². The molecule has 6 aromatic rings. The molecule has 8 rings (SSSR count). The molecule has 268 valence electrons. The molecule has 5 heterocycles. The van der Waals surface area contributed by atoms with Crippen LogP contribution in [0.2, 0.25) is 0 Å². The van der Waals surface area contributed by atoms with Crippen LogP contribution in [0.25, 0.3) is 16.0 Å². The number of fused-ring (bicyclic) bond motifs is 2. The summed E-state index contributed by atoms with van der Waals surface area (Å²) in [7, 11) is 0. The Labute approximate surface area is 302 Å². The second kappa shape index (κ2) is 14.1. The van der Waals surface area contributed by atoms with Crippen molar-refractivity contribution in [2.24, 2.45) is 0 Å². The molecule has 0 amide bonds. The number of ether oxygens (including phenoxy) is 1. The molecule has 0 bridgehead atoms. The van der Waals surface area contributed by atoms with E-state index in [1.807, 2.05) is 42.5 Å². The van der Waals surface area contributed by atoms with Gasteiger partial charge in [-0.1, -0.05) is 24.3 Å². The van der Waals surface area contributed by atoms with Crippen LogP contribution in [-0.4, -0.2) is 67.9 Å². The summed E-state index contributed by atoms with van der Waals surface area (Å²) in [6.45, 7) is 3.42. The number of β-amino-alcohol motifs (C(OH)–C–C–N with tert-alkyl or cyclic N) is 1. The monoisotopic (exact) mass is 724 g/mol. The highest BCUT2D eigenvalue weighted by atomic mass is 32.1. The summed E-state index contributed by atoms with van der Waals surface area (Å²) in [6, 6.07) is 21.3. The van der Waals surface area contributed by atoms with Gasteiger partial charge in [0.05, 0.1) is 36.3 Å². The number of benzene rings is 3. The number of piperidine rings is 1. The minimum atomic E-state index is -1.59. The summed E-state index contributed by atoms with van der Waals surface area (Å²) in [4.78, 5) is 28.0. The van der Waals surface area contributed by atoms with Crippen LogP contribution in [0.1, 0.15) is 23.3 Å². The molecule has 0 radical (unpaired) electrons. The summed E-state index contributed by atoms with van der Waals surface area (Å²) in [6.07, 6.45) is 6.50. The molecule has 3 aromatic carbocycles. The molecular formula is C38H38F2N8O3S. The number of imidazole rings is 1. The second-order valence-electron chi connectivity index (χ2n) is 13.4. The van der Waals surface area contributed by atoms with Gasteiger partial charge in [0.1, 0.15) is 34.4 Å². The van der Waals surface area contributed by atoms with Gasteiger partial charge >= 0.3 is 0 Å². The number of nitrogens with one attached hydrogen (secondary N) is 1. The molecule has 1 atom stereocenters. The Morgan fingerprint density at radius 3 is 2.60 bits per heavy atom. The Balaban J connectivity index is 0.969. The molecular weight excluding hydrogens is 687 g/mol. The lowest BCUT2D eigenvalue weighted by Crippen LogP contribution is -2.49. The summed E-state index contributed by atoms with van der Waals surface area (Å²) in [5.41, 5.74) is 7.52. The molecule has 52 heavy (non-hydrogen) atoms. The fourth-order valence-electron chi connectivity index (χ4n) is 7.29. The first-order valence-electron chi connectivity index (χ1n) is 17.2.